The summed E-state index contributed by atoms with van der Waals surface area (Å²) in [5, 5.41) is 3.82. The van der Waals surface area contributed by atoms with E-state index < -0.39 is 5.51 Å². The van der Waals surface area contributed by atoms with Crippen molar-refractivity contribution in [2.75, 3.05) is 5.73 Å². The monoisotopic (exact) mass is 402 g/mol. The molecule has 1 heterocycles. The Hall–Kier alpha value is -2.32. The van der Waals surface area contributed by atoms with Crippen molar-refractivity contribution in [3.05, 3.63) is 60.4 Å². The van der Waals surface area contributed by atoms with Crippen LogP contribution in [0.2, 0.25) is 0 Å². The number of nitrogens with two attached hydrogens (primary N) is 1. The Morgan fingerprint density at radius 2 is 1.69 bits per heavy atom. The van der Waals surface area contributed by atoms with Crippen LogP contribution in [0.15, 0.2) is 64.2 Å². The number of benzene rings is 2. The van der Waals surface area contributed by atoms with Gasteiger partial charge >= 0.3 is 5.51 Å². The molecule has 2 aromatic carbocycles. The predicted octanol–water partition coefficient (Wildman–Crippen LogP) is 5.54. The highest BCUT2D eigenvalue weighted by Gasteiger charge is 2.28. The highest BCUT2D eigenvalue weighted by molar-refractivity contribution is 8.00. The summed E-state index contributed by atoms with van der Waals surface area (Å²) in [6.07, 6.45) is 1.36. The average molecular weight is 403 g/mol. The number of hydrogen-bond acceptors (Lipinski definition) is 5. The Kier molecular flexibility index (Phi) is 6.44. The summed E-state index contributed by atoms with van der Waals surface area (Å²) in [4.78, 5) is 0.144. The van der Waals surface area contributed by atoms with Crippen LogP contribution in [-0.4, -0.2) is 10.7 Å². The third kappa shape index (κ3) is 5.34. The molecule has 0 aliphatic rings. The maximum absolute atomic E-state index is 12.3. The van der Waals surface area contributed by atoms with Crippen molar-refractivity contribution >= 4 is 29.9 Å². The van der Waals surface area contributed by atoms with Crippen LogP contribution < -0.4 is 10.5 Å². The minimum absolute atomic E-state index is 0. The van der Waals surface area contributed by atoms with Gasteiger partial charge in [-0.05, 0) is 53.7 Å². The van der Waals surface area contributed by atoms with Gasteiger partial charge in [0.25, 0.3) is 0 Å². The van der Waals surface area contributed by atoms with Gasteiger partial charge in [0, 0.05) is 10.5 Å². The average Bonchev–Trinajstić information content (AvgIpc) is 2.99. The first-order valence-corrected chi connectivity index (χ1v) is 8.00. The molecule has 0 unspecified atom stereocenters. The second kappa shape index (κ2) is 8.37. The smallest absolute Gasteiger partial charge is 0.446 e. The van der Waals surface area contributed by atoms with Crippen molar-refractivity contribution in [2.45, 2.75) is 17.0 Å². The van der Waals surface area contributed by atoms with Gasteiger partial charge in [-0.2, -0.15) is 13.2 Å². The van der Waals surface area contributed by atoms with Gasteiger partial charge in [0.1, 0.15) is 30.0 Å². The summed E-state index contributed by atoms with van der Waals surface area (Å²) in [6, 6.07) is 13.2. The molecule has 0 radical (unpaired) electrons. The number of thioether (sulfide) groups is 1. The molecule has 0 amide bonds. The normalized spacial score (nSPS) is 11.0. The maximum Gasteiger partial charge on any atom is 0.446 e. The SMILES string of the molecule is Cl.Nc1conc1-c1ccc(OCc2ccc(SC(F)(F)F)cc2)cc1. The molecule has 0 aliphatic heterocycles. The van der Waals surface area contributed by atoms with E-state index >= 15 is 0 Å². The summed E-state index contributed by atoms with van der Waals surface area (Å²) in [5.74, 6) is 0.625. The van der Waals surface area contributed by atoms with Crippen molar-refractivity contribution in [3.8, 4) is 17.0 Å². The van der Waals surface area contributed by atoms with Crippen LogP contribution in [0.5, 0.6) is 5.75 Å². The zero-order valence-corrected chi connectivity index (χ0v) is 14.8. The van der Waals surface area contributed by atoms with E-state index in [1.807, 2.05) is 0 Å². The number of aromatic nitrogens is 1. The molecule has 0 spiro atoms. The third-order valence-electron chi connectivity index (χ3n) is 3.29. The molecule has 138 valence electrons. The number of alkyl halides is 3. The first kappa shape index (κ1) is 20.0. The molecule has 2 N–H and O–H groups in total. The molecule has 0 aliphatic carbocycles. The molecule has 0 bridgehead atoms. The quantitative estimate of drug-likeness (QED) is 0.568. The van der Waals surface area contributed by atoms with Crippen LogP contribution in [0, 0.1) is 0 Å². The summed E-state index contributed by atoms with van der Waals surface area (Å²) < 4.78 is 47.3. The molecular formula is C17H14ClF3N2O2S. The molecule has 9 heteroatoms. The largest absolute Gasteiger partial charge is 0.489 e. The van der Waals surface area contributed by atoms with Gasteiger partial charge in [0.15, 0.2) is 0 Å². The van der Waals surface area contributed by atoms with E-state index in [1.54, 1.807) is 36.4 Å². The Morgan fingerprint density at radius 1 is 1.04 bits per heavy atom. The van der Waals surface area contributed by atoms with Gasteiger partial charge in [-0.1, -0.05) is 17.3 Å². The maximum atomic E-state index is 12.3. The Balaban J connectivity index is 0.00000243. The van der Waals surface area contributed by atoms with Crippen LogP contribution in [0.25, 0.3) is 11.3 Å². The van der Waals surface area contributed by atoms with Crippen LogP contribution in [0.3, 0.4) is 0 Å². The van der Waals surface area contributed by atoms with Crippen LogP contribution in [-0.2, 0) is 6.61 Å². The van der Waals surface area contributed by atoms with E-state index in [2.05, 4.69) is 5.16 Å². The summed E-state index contributed by atoms with van der Waals surface area (Å²) in [6.45, 7) is 0.252. The van der Waals surface area contributed by atoms with Crippen LogP contribution in [0.4, 0.5) is 18.9 Å². The lowest BCUT2D eigenvalue weighted by molar-refractivity contribution is -0.0328. The minimum atomic E-state index is -4.28. The fourth-order valence-corrected chi connectivity index (χ4v) is 2.67. The first-order chi connectivity index (χ1) is 11.9. The number of ether oxygens (including phenoxy) is 1. The molecule has 0 saturated carbocycles. The lowest BCUT2D eigenvalue weighted by atomic mass is 10.1. The lowest BCUT2D eigenvalue weighted by Crippen LogP contribution is -1.99. The first-order valence-electron chi connectivity index (χ1n) is 7.18. The van der Waals surface area contributed by atoms with E-state index in [9.17, 15) is 13.2 Å². The van der Waals surface area contributed by atoms with E-state index in [-0.39, 0.29) is 35.7 Å². The lowest BCUT2D eigenvalue weighted by Gasteiger charge is -2.09. The van der Waals surface area contributed by atoms with Gasteiger partial charge < -0.3 is 15.0 Å². The zero-order valence-electron chi connectivity index (χ0n) is 13.2. The topological polar surface area (TPSA) is 61.3 Å². The van der Waals surface area contributed by atoms with Crippen molar-refractivity contribution in [1.29, 1.82) is 0 Å². The standard InChI is InChI=1S/C17H13F3N2O2S.ClH/c18-17(19,20)25-14-7-1-11(2-8-14)9-23-13-5-3-12(4-6-13)16-15(21)10-24-22-16;/h1-8,10H,9,21H2;1H. The second-order valence-corrected chi connectivity index (χ2v) is 6.26. The van der Waals surface area contributed by atoms with E-state index in [1.165, 1.54) is 18.4 Å². The number of anilines is 1. The fraction of sp³-hybridized carbons (Fsp3) is 0.118. The highest BCUT2D eigenvalue weighted by Crippen LogP contribution is 2.36. The molecule has 4 nitrogen and oxygen atoms in total. The molecule has 3 rings (SSSR count). The molecule has 0 saturated heterocycles. The summed E-state index contributed by atoms with van der Waals surface area (Å²) in [5.41, 5.74) is 4.03. The van der Waals surface area contributed by atoms with Gasteiger partial charge in [-0.15, -0.1) is 12.4 Å². The number of rotatable bonds is 5. The van der Waals surface area contributed by atoms with E-state index in [0.29, 0.717) is 17.1 Å². The molecule has 26 heavy (non-hydrogen) atoms. The second-order valence-electron chi connectivity index (χ2n) is 5.12. The highest BCUT2D eigenvalue weighted by atomic mass is 35.5. The Morgan fingerprint density at radius 3 is 2.23 bits per heavy atom. The number of nitrogen functional groups attached to an aromatic ring is 1. The Bertz CT molecular complexity index is 836. The minimum Gasteiger partial charge on any atom is -0.489 e. The van der Waals surface area contributed by atoms with Gasteiger partial charge in [-0.25, -0.2) is 0 Å². The number of hydrogen-bond donors (Lipinski definition) is 1. The van der Waals surface area contributed by atoms with Crippen molar-refractivity contribution in [2.24, 2.45) is 0 Å². The molecular weight excluding hydrogens is 389 g/mol. The summed E-state index contributed by atoms with van der Waals surface area (Å²) in [7, 11) is 0. The molecule has 0 fully saturated rings. The van der Waals surface area contributed by atoms with Gasteiger partial charge in [0.05, 0.1) is 0 Å². The summed E-state index contributed by atoms with van der Waals surface area (Å²) >= 11 is -0.139. The number of halogens is 4. The fourth-order valence-electron chi connectivity index (χ4n) is 2.13. The van der Waals surface area contributed by atoms with Crippen molar-refractivity contribution in [1.82, 2.24) is 5.16 Å². The third-order valence-corrected chi connectivity index (χ3v) is 4.03. The molecule has 0 atom stereocenters. The van der Waals surface area contributed by atoms with E-state index in [0.717, 1.165) is 11.1 Å². The van der Waals surface area contributed by atoms with Crippen molar-refractivity contribution in [3.63, 3.8) is 0 Å². The zero-order chi connectivity index (χ0) is 17.9. The van der Waals surface area contributed by atoms with E-state index in [4.69, 9.17) is 15.0 Å². The Labute approximate surface area is 157 Å². The van der Waals surface area contributed by atoms with Gasteiger partial charge in [0.2, 0.25) is 0 Å². The van der Waals surface area contributed by atoms with Crippen molar-refractivity contribution < 1.29 is 22.4 Å². The molecule has 1 aromatic heterocycles. The molecule has 3 aromatic rings. The predicted molar refractivity (Wildman–Crippen MR) is 96.3 cm³/mol. The van der Waals surface area contributed by atoms with Crippen LogP contribution >= 0.6 is 24.2 Å². The van der Waals surface area contributed by atoms with Crippen LogP contribution in [0.1, 0.15) is 5.56 Å². The number of nitrogens with zero attached hydrogens (tertiary/aromatic N) is 1. The van der Waals surface area contributed by atoms with Gasteiger partial charge in [-0.3, -0.25) is 0 Å².